The van der Waals surface area contributed by atoms with Crippen LogP contribution in [0.2, 0.25) is 0 Å². The number of hydrogen-bond donors (Lipinski definition) is 1. The van der Waals surface area contributed by atoms with Crippen molar-refractivity contribution >= 4 is 0 Å². The summed E-state index contributed by atoms with van der Waals surface area (Å²) in [5, 5.41) is 11.8. The van der Waals surface area contributed by atoms with E-state index in [0.717, 1.165) is 18.9 Å². The van der Waals surface area contributed by atoms with Crippen LogP contribution in [0.25, 0.3) is 0 Å². The molecular weight excluding hydrogens is 262 g/mol. The summed E-state index contributed by atoms with van der Waals surface area (Å²) in [4.78, 5) is 0. The Balaban J connectivity index is 2.30. The quantitative estimate of drug-likeness (QED) is 0.838. The maximum atomic E-state index is 5.95. The summed E-state index contributed by atoms with van der Waals surface area (Å²) in [6.45, 7) is 9.42. The molecule has 0 radical (unpaired) electrons. The standard InChI is InChI=1S/C17H25N3O/c1-5-12(3)15(14-10-8-7-9-11-14)17-20-19-16(21-17)13(4)18-6-2/h7-13,15,18H,5-6H2,1-4H3. The minimum atomic E-state index is 0.0876. The predicted octanol–water partition coefficient (Wildman–Crippen LogP) is 3.92. The molecule has 1 heterocycles. The van der Waals surface area contributed by atoms with E-state index < -0.39 is 0 Å². The minimum absolute atomic E-state index is 0.0876. The fraction of sp³-hybridized carbons (Fsp3) is 0.529. The van der Waals surface area contributed by atoms with Crippen LogP contribution in [-0.2, 0) is 0 Å². The second kappa shape index (κ2) is 7.36. The van der Waals surface area contributed by atoms with Crippen molar-refractivity contribution in [3.05, 3.63) is 47.7 Å². The van der Waals surface area contributed by atoms with Gasteiger partial charge in [-0.25, -0.2) is 0 Å². The van der Waals surface area contributed by atoms with E-state index in [0.29, 0.717) is 11.8 Å². The molecule has 3 unspecified atom stereocenters. The van der Waals surface area contributed by atoms with Crippen molar-refractivity contribution in [2.45, 2.75) is 46.1 Å². The van der Waals surface area contributed by atoms with Crippen LogP contribution in [0.3, 0.4) is 0 Å². The van der Waals surface area contributed by atoms with E-state index in [9.17, 15) is 0 Å². The normalized spacial score (nSPS) is 15.6. The van der Waals surface area contributed by atoms with Gasteiger partial charge in [0.25, 0.3) is 0 Å². The first kappa shape index (κ1) is 15.7. The molecule has 0 aliphatic rings. The Hall–Kier alpha value is -1.68. The Bertz CT molecular complexity index is 538. The largest absolute Gasteiger partial charge is 0.423 e. The number of aromatic nitrogens is 2. The van der Waals surface area contributed by atoms with Crippen molar-refractivity contribution in [3.63, 3.8) is 0 Å². The van der Waals surface area contributed by atoms with Crippen LogP contribution < -0.4 is 5.32 Å². The maximum Gasteiger partial charge on any atom is 0.233 e. The van der Waals surface area contributed by atoms with Gasteiger partial charge in [-0.1, -0.05) is 57.5 Å². The van der Waals surface area contributed by atoms with Gasteiger partial charge >= 0.3 is 0 Å². The lowest BCUT2D eigenvalue weighted by Gasteiger charge is -2.20. The second-order valence-electron chi connectivity index (χ2n) is 5.53. The molecule has 2 rings (SSSR count). The number of hydrogen-bond acceptors (Lipinski definition) is 4. The average Bonchev–Trinajstić information content (AvgIpc) is 2.98. The van der Waals surface area contributed by atoms with Crippen LogP contribution in [0.15, 0.2) is 34.7 Å². The van der Waals surface area contributed by atoms with Gasteiger partial charge in [-0.3, -0.25) is 0 Å². The molecule has 0 bridgehead atoms. The fourth-order valence-corrected chi connectivity index (χ4v) is 2.55. The lowest BCUT2D eigenvalue weighted by molar-refractivity contribution is 0.353. The molecule has 1 N–H and O–H groups in total. The summed E-state index contributed by atoms with van der Waals surface area (Å²) in [7, 11) is 0. The molecule has 3 atom stereocenters. The zero-order valence-electron chi connectivity index (χ0n) is 13.3. The van der Waals surface area contributed by atoms with Crippen LogP contribution in [0.1, 0.15) is 63.4 Å². The highest BCUT2D eigenvalue weighted by molar-refractivity contribution is 5.25. The number of benzene rings is 1. The Morgan fingerprint density at radius 3 is 2.33 bits per heavy atom. The summed E-state index contributed by atoms with van der Waals surface area (Å²) in [5.41, 5.74) is 1.23. The fourth-order valence-electron chi connectivity index (χ4n) is 2.55. The molecule has 4 heteroatoms. The Morgan fingerprint density at radius 2 is 1.71 bits per heavy atom. The van der Waals surface area contributed by atoms with E-state index in [1.807, 2.05) is 13.0 Å². The van der Waals surface area contributed by atoms with E-state index in [1.54, 1.807) is 0 Å². The zero-order valence-corrected chi connectivity index (χ0v) is 13.3. The molecule has 21 heavy (non-hydrogen) atoms. The molecule has 2 aromatic rings. The van der Waals surface area contributed by atoms with Crippen LogP contribution in [-0.4, -0.2) is 16.7 Å². The van der Waals surface area contributed by atoms with Crippen molar-refractivity contribution in [2.75, 3.05) is 6.54 Å². The average molecular weight is 287 g/mol. The Labute approximate surface area is 127 Å². The number of nitrogens with one attached hydrogen (secondary N) is 1. The van der Waals surface area contributed by atoms with Gasteiger partial charge in [-0.2, -0.15) is 0 Å². The van der Waals surface area contributed by atoms with Crippen LogP contribution in [0.4, 0.5) is 0 Å². The molecule has 0 saturated heterocycles. The van der Waals surface area contributed by atoms with Gasteiger partial charge in [0, 0.05) is 0 Å². The smallest absolute Gasteiger partial charge is 0.233 e. The molecule has 0 aliphatic carbocycles. The van der Waals surface area contributed by atoms with E-state index in [-0.39, 0.29) is 12.0 Å². The lowest BCUT2D eigenvalue weighted by Crippen LogP contribution is -2.17. The molecule has 0 fully saturated rings. The third-order valence-electron chi connectivity index (χ3n) is 3.97. The first-order valence-corrected chi connectivity index (χ1v) is 7.78. The molecule has 4 nitrogen and oxygen atoms in total. The Kier molecular flexibility index (Phi) is 5.51. The number of rotatable bonds is 7. The molecule has 0 amide bonds. The van der Waals surface area contributed by atoms with Crippen LogP contribution in [0, 0.1) is 5.92 Å². The third kappa shape index (κ3) is 3.70. The predicted molar refractivity (Wildman–Crippen MR) is 84.1 cm³/mol. The molecule has 0 aliphatic heterocycles. The van der Waals surface area contributed by atoms with Crippen molar-refractivity contribution < 1.29 is 4.42 Å². The highest BCUT2D eigenvalue weighted by Gasteiger charge is 2.26. The summed E-state index contributed by atoms with van der Waals surface area (Å²) in [6, 6.07) is 10.5. The maximum absolute atomic E-state index is 5.95. The molecule has 1 aromatic heterocycles. The summed E-state index contributed by atoms with van der Waals surface area (Å²) in [5.74, 6) is 1.99. The van der Waals surface area contributed by atoms with Gasteiger partial charge < -0.3 is 9.73 Å². The van der Waals surface area contributed by atoms with Gasteiger partial charge in [0.1, 0.15) is 0 Å². The summed E-state index contributed by atoms with van der Waals surface area (Å²) >= 11 is 0. The van der Waals surface area contributed by atoms with E-state index >= 15 is 0 Å². The van der Waals surface area contributed by atoms with Crippen molar-refractivity contribution in [1.82, 2.24) is 15.5 Å². The van der Waals surface area contributed by atoms with Gasteiger partial charge in [0.05, 0.1) is 12.0 Å². The van der Waals surface area contributed by atoms with Gasteiger partial charge in [-0.05, 0) is 24.9 Å². The highest BCUT2D eigenvalue weighted by atomic mass is 16.4. The SMILES string of the molecule is CCNC(C)c1nnc(C(c2ccccc2)C(C)CC)o1. The molecule has 0 saturated carbocycles. The highest BCUT2D eigenvalue weighted by Crippen LogP contribution is 2.33. The topological polar surface area (TPSA) is 51.0 Å². The van der Waals surface area contributed by atoms with E-state index in [2.05, 4.69) is 60.6 Å². The number of nitrogens with zero attached hydrogens (tertiary/aromatic N) is 2. The zero-order chi connectivity index (χ0) is 15.2. The van der Waals surface area contributed by atoms with Crippen LogP contribution in [0.5, 0.6) is 0 Å². The molecular formula is C17H25N3O. The minimum Gasteiger partial charge on any atom is -0.423 e. The molecule has 114 valence electrons. The van der Waals surface area contributed by atoms with Crippen molar-refractivity contribution in [2.24, 2.45) is 5.92 Å². The summed E-state index contributed by atoms with van der Waals surface area (Å²) < 4.78 is 5.95. The monoisotopic (exact) mass is 287 g/mol. The molecule has 0 spiro atoms. The van der Waals surface area contributed by atoms with Gasteiger partial charge in [0.15, 0.2) is 0 Å². The summed E-state index contributed by atoms with van der Waals surface area (Å²) in [6.07, 6.45) is 1.07. The van der Waals surface area contributed by atoms with Crippen LogP contribution >= 0.6 is 0 Å². The molecule has 1 aromatic carbocycles. The first-order chi connectivity index (χ1) is 10.2. The van der Waals surface area contributed by atoms with Gasteiger partial charge in [0.2, 0.25) is 11.8 Å². The van der Waals surface area contributed by atoms with E-state index in [1.165, 1.54) is 5.56 Å². The second-order valence-corrected chi connectivity index (χ2v) is 5.53. The van der Waals surface area contributed by atoms with Crippen molar-refractivity contribution in [3.8, 4) is 0 Å². The first-order valence-electron chi connectivity index (χ1n) is 7.78. The van der Waals surface area contributed by atoms with Crippen molar-refractivity contribution in [1.29, 1.82) is 0 Å². The third-order valence-corrected chi connectivity index (χ3v) is 3.97. The lowest BCUT2D eigenvalue weighted by atomic mass is 9.85. The Morgan fingerprint density at radius 1 is 1.05 bits per heavy atom. The van der Waals surface area contributed by atoms with E-state index in [4.69, 9.17) is 4.42 Å². The van der Waals surface area contributed by atoms with Gasteiger partial charge in [-0.15, -0.1) is 10.2 Å².